The molecule has 0 atom stereocenters. The minimum absolute atomic E-state index is 0.0149. The van der Waals surface area contributed by atoms with Gasteiger partial charge in [0.15, 0.2) is 0 Å². The largest absolute Gasteiger partial charge is 0.456 e. The third-order valence-electron chi connectivity index (χ3n) is 17.0. The summed E-state index contributed by atoms with van der Waals surface area (Å²) < 4.78 is 6.66. The second-order valence-electron chi connectivity index (χ2n) is 23.7. The highest BCUT2D eigenvalue weighted by Crippen LogP contribution is 2.55. The summed E-state index contributed by atoms with van der Waals surface area (Å²) in [4.78, 5) is 7.71. The van der Waals surface area contributed by atoms with Crippen LogP contribution < -0.4 is 31.1 Å². The number of aryl methyl sites for hydroxylation is 2. The minimum atomic E-state index is -0.0620. The van der Waals surface area contributed by atoms with Gasteiger partial charge in [-0.15, -0.1) is 0 Å². The molecule has 0 unspecified atom stereocenters. The van der Waals surface area contributed by atoms with E-state index in [1.807, 2.05) is 0 Å². The highest BCUT2D eigenvalue weighted by Gasteiger charge is 2.48. The number of hydrogen-bond donors (Lipinski definition) is 0. The minimum Gasteiger partial charge on any atom is -0.456 e. The lowest BCUT2D eigenvalue weighted by atomic mass is 9.33. The topological polar surface area (TPSA) is 22.9 Å². The number of fused-ring (bicyclic) bond motifs is 9. The van der Waals surface area contributed by atoms with Gasteiger partial charge in [-0.05, 0) is 189 Å². The van der Waals surface area contributed by atoms with Crippen LogP contribution in [0.25, 0.3) is 21.9 Å². The molecule has 13 rings (SSSR count). The first-order valence-corrected chi connectivity index (χ1v) is 25.5. The average Bonchev–Trinajstić information content (AvgIpc) is 3.80. The fourth-order valence-electron chi connectivity index (χ4n) is 13.7. The van der Waals surface area contributed by atoms with Crippen LogP contribution in [0.4, 0.5) is 51.2 Å². The molecule has 70 heavy (non-hydrogen) atoms. The average molecular weight is 912 g/mol. The molecule has 2 aliphatic carbocycles. The molecule has 0 fully saturated rings. The van der Waals surface area contributed by atoms with E-state index >= 15 is 0 Å². The summed E-state index contributed by atoms with van der Waals surface area (Å²) in [5.74, 6) is 0. The maximum absolute atomic E-state index is 6.66. The van der Waals surface area contributed by atoms with Crippen LogP contribution in [0.3, 0.4) is 0 Å². The molecule has 5 heteroatoms. The van der Waals surface area contributed by atoms with Crippen LogP contribution in [0.1, 0.15) is 108 Å². The monoisotopic (exact) mass is 911 g/mol. The molecule has 0 saturated heterocycles. The van der Waals surface area contributed by atoms with Crippen molar-refractivity contribution in [3.05, 3.63) is 191 Å². The summed E-state index contributed by atoms with van der Waals surface area (Å²) in [6.07, 6.45) is 3.43. The standard InChI is InChI=1S/C65H62BN3O/c1-40-32-56-61-57(33-40)69(54-37-49-46(34-41(54)2)64(7,8)39-65(49,9)10)55-38-48-47(62(3,4)30-31-63(48,5)6)36-51(55)66(61)50-35-44(67(42-20-13-11-14-21-42)43-22-15-12-16-23-43)28-29-52(50)68(56)53-25-19-27-59-60(53)45-24-17-18-26-58(45)70-59/h11-29,32-38H,30-31,39H2,1-10H3. The van der Waals surface area contributed by atoms with Gasteiger partial charge in [-0.25, -0.2) is 0 Å². The molecule has 4 nitrogen and oxygen atoms in total. The van der Waals surface area contributed by atoms with Gasteiger partial charge in [0.2, 0.25) is 0 Å². The van der Waals surface area contributed by atoms with Crippen molar-refractivity contribution in [2.24, 2.45) is 0 Å². The van der Waals surface area contributed by atoms with Crippen LogP contribution in [0, 0.1) is 13.8 Å². The van der Waals surface area contributed by atoms with Crippen molar-refractivity contribution in [1.82, 2.24) is 0 Å². The van der Waals surface area contributed by atoms with Gasteiger partial charge in [0.1, 0.15) is 11.2 Å². The fraction of sp³-hybridized carbons (Fsp3) is 0.262. The van der Waals surface area contributed by atoms with Crippen molar-refractivity contribution in [2.45, 2.75) is 110 Å². The molecule has 3 heterocycles. The van der Waals surface area contributed by atoms with E-state index in [0.29, 0.717) is 0 Å². The molecular formula is C65H62BN3O. The van der Waals surface area contributed by atoms with Crippen LogP contribution in [0.5, 0.6) is 0 Å². The lowest BCUT2D eigenvalue weighted by Gasteiger charge is -2.48. The number of furan rings is 1. The second kappa shape index (κ2) is 14.8. The Morgan fingerprint density at radius 2 is 0.986 bits per heavy atom. The lowest BCUT2D eigenvalue weighted by molar-refractivity contribution is 0.332. The zero-order valence-electron chi connectivity index (χ0n) is 42.5. The van der Waals surface area contributed by atoms with Gasteiger partial charge in [-0.1, -0.05) is 128 Å². The highest BCUT2D eigenvalue weighted by molar-refractivity contribution is 7.00. The molecular weight excluding hydrogens is 850 g/mol. The van der Waals surface area contributed by atoms with Gasteiger partial charge in [-0.2, -0.15) is 0 Å². The Kier molecular flexibility index (Phi) is 9.09. The third-order valence-corrected chi connectivity index (χ3v) is 17.0. The molecule has 0 amide bonds. The molecule has 0 saturated carbocycles. The predicted octanol–water partition coefficient (Wildman–Crippen LogP) is 16.1. The molecule has 0 N–H and O–H groups in total. The first kappa shape index (κ1) is 43.1. The normalized spacial score (nSPS) is 17.5. The Morgan fingerprint density at radius 3 is 1.66 bits per heavy atom. The van der Waals surface area contributed by atoms with Crippen LogP contribution >= 0.6 is 0 Å². The van der Waals surface area contributed by atoms with Crippen molar-refractivity contribution >= 4 is 96.2 Å². The summed E-state index contributed by atoms with van der Waals surface area (Å²) >= 11 is 0. The van der Waals surface area contributed by atoms with Crippen molar-refractivity contribution in [2.75, 3.05) is 14.7 Å². The second-order valence-corrected chi connectivity index (χ2v) is 23.7. The van der Waals surface area contributed by atoms with Gasteiger partial charge in [-0.3, -0.25) is 0 Å². The van der Waals surface area contributed by atoms with E-state index in [0.717, 1.165) is 64.0 Å². The summed E-state index contributed by atoms with van der Waals surface area (Å²) in [5, 5.41) is 2.25. The van der Waals surface area contributed by atoms with Crippen molar-refractivity contribution < 1.29 is 4.42 Å². The zero-order valence-corrected chi connectivity index (χ0v) is 42.5. The molecule has 0 bridgehead atoms. The molecule has 346 valence electrons. The number of nitrogens with zero attached hydrogens (tertiary/aromatic N) is 3. The smallest absolute Gasteiger partial charge is 0.252 e. The van der Waals surface area contributed by atoms with Crippen LogP contribution in [0.2, 0.25) is 0 Å². The van der Waals surface area contributed by atoms with Crippen LogP contribution in [-0.4, -0.2) is 6.71 Å². The maximum atomic E-state index is 6.66. The Hall–Kier alpha value is -6.98. The van der Waals surface area contributed by atoms with Gasteiger partial charge >= 0.3 is 0 Å². The summed E-state index contributed by atoms with van der Waals surface area (Å²) in [5.41, 5.74) is 25.2. The van der Waals surface area contributed by atoms with E-state index < -0.39 is 0 Å². The van der Waals surface area contributed by atoms with E-state index in [2.05, 4.69) is 242 Å². The van der Waals surface area contributed by atoms with E-state index in [-0.39, 0.29) is 28.4 Å². The highest BCUT2D eigenvalue weighted by atomic mass is 16.3. The summed E-state index contributed by atoms with van der Waals surface area (Å²) in [6.45, 7) is 24.3. The number of anilines is 9. The number of para-hydroxylation sites is 3. The Morgan fingerprint density at radius 1 is 0.443 bits per heavy atom. The third kappa shape index (κ3) is 6.22. The molecule has 4 aliphatic rings. The SMILES string of the molecule is Cc1cc2c3c(c1)N(c1cccc4oc5ccccc5c14)c1ccc(N(c4ccccc4)c4ccccc4)cc1B3c1cc3c(cc1N2c1cc2c(cc1C)C(C)(C)CC2(C)C)C(C)(C)CCC3(C)C. The first-order valence-electron chi connectivity index (χ1n) is 25.5. The van der Waals surface area contributed by atoms with E-state index in [9.17, 15) is 0 Å². The zero-order chi connectivity index (χ0) is 48.2. The summed E-state index contributed by atoms with van der Waals surface area (Å²) in [6, 6.07) is 59.5. The predicted molar refractivity (Wildman–Crippen MR) is 298 cm³/mol. The van der Waals surface area contributed by atoms with Gasteiger partial charge in [0.05, 0.1) is 11.1 Å². The van der Waals surface area contributed by atoms with Crippen molar-refractivity contribution in [3.8, 4) is 0 Å². The van der Waals surface area contributed by atoms with Crippen molar-refractivity contribution in [3.63, 3.8) is 0 Å². The maximum Gasteiger partial charge on any atom is 0.252 e. The van der Waals surface area contributed by atoms with E-state index in [1.54, 1.807) is 0 Å². The quantitative estimate of drug-likeness (QED) is 0.161. The summed E-state index contributed by atoms with van der Waals surface area (Å²) in [7, 11) is 0. The Balaban J connectivity index is 1.17. The van der Waals surface area contributed by atoms with E-state index in [1.165, 1.54) is 78.2 Å². The van der Waals surface area contributed by atoms with Crippen LogP contribution in [-0.2, 0) is 21.7 Å². The Labute approximate surface area is 414 Å². The fourth-order valence-corrected chi connectivity index (χ4v) is 13.7. The molecule has 2 aliphatic heterocycles. The number of hydrogen-bond acceptors (Lipinski definition) is 4. The van der Waals surface area contributed by atoms with Gasteiger partial charge < -0.3 is 19.1 Å². The van der Waals surface area contributed by atoms with Gasteiger partial charge in [0.25, 0.3) is 6.71 Å². The van der Waals surface area contributed by atoms with Gasteiger partial charge in [0, 0.05) is 50.9 Å². The lowest BCUT2D eigenvalue weighted by Crippen LogP contribution is -2.62. The number of rotatable bonds is 5. The number of benzene rings is 8. The Bertz CT molecular complexity index is 3600. The molecule has 8 aromatic carbocycles. The first-order chi connectivity index (χ1) is 33.5. The molecule has 9 aromatic rings. The van der Waals surface area contributed by atoms with Crippen LogP contribution in [0.15, 0.2) is 162 Å². The van der Waals surface area contributed by atoms with Crippen molar-refractivity contribution in [1.29, 1.82) is 0 Å². The molecule has 0 spiro atoms. The van der Waals surface area contributed by atoms with E-state index in [4.69, 9.17) is 4.42 Å². The molecule has 1 aromatic heterocycles. The molecule has 0 radical (unpaired) electrons.